The van der Waals surface area contributed by atoms with Gasteiger partial charge in [-0.15, -0.1) is 15.2 Å². The predicted octanol–water partition coefficient (Wildman–Crippen LogP) is 3.21. The summed E-state index contributed by atoms with van der Waals surface area (Å²) < 4.78 is 0. The lowest BCUT2D eigenvalue weighted by Gasteiger charge is -2.18. The van der Waals surface area contributed by atoms with Crippen LogP contribution < -0.4 is 0 Å². The molecule has 58 valence electrons. The molecule has 0 fully saturated rings. The van der Waals surface area contributed by atoms with Crippen molar-refractivity contribution in [3.63, 3.8) is 0 Å². The van der Waals surface area contributed by atoms with Gasteiger partial charge >= 0.3 is 0 Å². The normalized spacial score (nSPS) is 18.3. The molecule has 0 nitrogen and oxygen atoms in total. The standard InChI is InChI=1S/C9H17P/c1-5-7-8-9(3,6-2)10-4/h6-8,10H,2,5H2,1,3-4H3. The highest BCUT2D eigenvalue weighted by molar-refractivity contribution is 7.39. The summed E-state index contributed by atoms with van der Waals surface area (Å²) in [7, 11) is 0.907. The van der Waals surface area contributed by atoms with E-state index >= 15 is 0 Å². The van der Waals surface area contributed by atoms with Crippen molar-refractivity contribution in [1.29, 1.82) is 0 Å². The van der Waals surface area contributed by atoms with E-state index in [4.69, 9.17) is 0 Å². The van der Waals surface area contributed by atoms with Gasteiger partial charge in [0.2, 0.25) is 0 Å². The Bertz CT molecular complexity index is 127. The Hall–Kier alpha value is -0.0900. The number of hydrogen-bond acceptors (Lipinski definition) is 0. The molecule has 0 saturated heterocycles. The first kappa shape index (κ1) is 9.91. The fourth-order valence-electron chi connectivity index (χ4n) is 0.616. The van der Waals surface area contributed by atoms with Crippen molar-refractivity contribution in [1.82, 2.24) is 0 Å². The molecule has 0 aliphatic heterocycles. The molecular formula is C9H17P. The molecule has 10 heavy (non-hydrogen) atoms. The predicted molar refractivity (Wildman–Crippen MR) is 52.3 cm³/mol. The zero-order valence-corrected chi connectivity index (χ0v) is 8.15. The van der Waals surface area contributed by atoms with Gasteiger partial charge in [-0.05, 0) is 20.0 Å². The molecule has 0 rings (SSSR count). The SMILES string of the molecule is C=CC(C)(C=CCC)PC. The number of allylic oxidation sites excluding steroid dienone is 3. The van der Waals surface area contributed by atoms with E-state index in [1.807, 2.05) is 6.08 Å². The summed E-state index contributed by atoms with van der Waals surface area (Å²) >= 11 is 0. The Morgan fingerprint density at radius 2 is 2.20 bits per heavy atom. The Morgan fingerprint density at radius 3 is 2.50 bits per heavy atom. The van der Waals surface area contributed by atoms with Gasteiger partial charge in [0.25, 0.3) is 0 Å². The second-order valence-corrected chi connectivity index (χ2v) is 4.12. The van der Waals surface area contributed by atoms with Crippen LogP contribution in [0.3, 0.4) is 0 Å². The minimum absolute atomic E-state index is 0.246. The van der Waals surface area contributed by atoms with Gasteiger partial charge in [-0.25, -0.2) is 0 Å². The van der Waals surface area contributed by atoms with Crippen LogP contribution in [0.1, 0.15) is 20.3 Å². The van der Waals surface area contributed by atoms with Gasteiger partial charge in [-0.1, -0.05) is 25.2 Å². The topological polar surface area (TPSA) is 0 Å². The first-order valence-corrected chi connectivity index (χ1v) is 5.18. The summed E-state index contributed by atoms with van der Waals surface area (Å²) in [5.74, 6) is 0. The molecule has 0 aromatic rings. The third kappa shape index (κ3) is 3.17. The van der Waals surface area contributed by atoms with E-state index in [1.165, 1.54) is 0 Å². The molecule has 0 aliphatic carbocycles. The van der Waals surface area contributed by atoms with E-state index in [2.05, 4.69) is 39.2 Å². The summed E-state index contributed by atoms with van der Waals surface area (Å²) in [5, 5.41) is 0.246. The van der Waals surface area contributed by atoms with Gasteiger partial charge in [0.1, 0.15) is 0 Å². The van der Waals surface area contributed by atoms with Crippen LogP contribution in [0, 0.1) is 0 Å². The van der Waals surface area contributed by atoms with Crippen molar-refractivity contribution in [2.75, 3.05) is 6.66 Å². The molecule has 0 amide bonds. The minimum atomic E-state index is 0.246. The molecular weight excluding hydrogens is 139 g/mol. The molecule has 0 radical (unpaired) electrons. The summed E-state index contributed by atoms with van der Waals surface area (Å²) in [4.78, 5) is 0. The zero-order chi connectivity index (χ0) is 8.04. The highest BCUT2D eigenvalue weighted by Crippen LogP contribution is 2.30. The van der Waals surface area contributed by atoms with Gasteiger partial charge < -0.3 is 0 Å². The highest BCUT2D eigenvalue weighted by Gasteiger charge is 2.11. The third-order valence-electron chi connectivity index (χ3n) is 1.66. The molecule has 0 aliphatic rings. The van der Waals surface area contributed by atoms with E-state index in [0.717, 1.165) is 15.0 Å². The summed E-state index contributed by atoms with van der Waals surface area (Å²) in [5.41, 5.74) is 0. The second kappa shape index (κ2) is 4.68. The molecule has 0 bridgehead atoms. The molecule has 0 spiro atoms. The van der Waals surface area contributed by atoms with Crippen molar-refractivity contribution in [3.8, 4) is 0 Å². The van der Waals surface area contributed by atoms with E-state index in [1.54, 1.807) is 0 Å². The Balaban J connectivity index is 4.05. The average molecular weight is 156 g/mol. The lowest BCUT2D eigenvalue weighted by molar-refractivity contribution is 0.990. The molecule has 0 aromatic heterocycles. The maximum atomic E-state index is 3.81. The average Bonchev–Trinajstić information content (AvgIpc) is 2.00. The first-order chi connectivity index (χ1) is 4.68. The number of rotatable bonds is 4. The monoisotopic (exact) mass is 156 g/mol. The molecule has 2 unspecified atom stereocenters. The van der Waals surface area contributed by atoms with Crippen molar-refractivity contribution in [3.05, 3.63) is 24.8 Å². The maximum absolute atomic E-state index is 3.81. The van der Waals surface area contributed by atoms with Gasteiger partial charge in [-0.2, -0.15) is 0 Å². The van der Waals surface area contributed by atoms with Crippen LogP contribution in [0.5, 0.6) is 0 Å². The van der Waals surface area contributed by atoms with E-state index in [-0.39, 0.29) is 5.16 Å². The van der Waals surface area contributed by atoms with Crippen molar-refractivity contribution >= 4 is 8.58 Å². The fraction of sp³-hybridized carbons (Fsp3) is 0.556. The van der Waals surface area contributed by atoms with E-state index in [0.29, 0.717) is 0 Å². The van der Waals surface area contributed by atoms with Crippen LogP contribution >= 0.6 is 8.58 Å². The zero-order valence-electron chi connectivity index (χ0n) is 7.15. The van der Waals surface area contributed by atoms with Crippen molar-refractivity contribution in [2.24, 2.45) is 0 Å². The number of hydrogen-bond donors (Lipinski definition) is 0. The van der Waals surface area contributed by atoms with Gasteiger partial charge in [0, 0.05) is 5.16 Å². The lowest BCUT2D eigenvalue weighted by Crippen LogP contribution is -2.08. The van der Waals surface area contributed by atoms with Crippen LogP contribution in [-0.4, -0.2) is 11.8 Å². The first-order valence-electron chi connectivity index (χ1n) is 3.68. The van der Waals surface area contributed by atoms with Gasteiger partial charge in [-0.3, -0.25) is 0 Å². The second-order valence-electron chi connectivity index (χ2n) is 2.55. The fourth-order valence-corrected chi connectivity index (χ4v) is 1.10. The van der Waals surface area contributed by atoms with Crippen LogP contribution in [0.25, 0.3) is 0 Å². The van der Waals surface area contributed by atoms with Crippen molar-refractivity contribution < 1.29 is 0 Å². The Labute approximate surface area is 66.2 Å². The van der Waals surface area contributed by atoms with Crippen LogP contribution in [-0.2, 0) is 0 Å². The molecule has 0 aromatic carbocycles. The molecule has 0 heterocycles. The Morgan fingerprint density at radius 1 is 1.60 bits per heavy atom. The van der Waals surface area contributed by atoms with Gasteiger partial charge in [0.15, 0.2) is 0 Å². The van der Waals surface area contributed by atoms with Crippen LogP contribution in [0.2, 0.25) is 0 Å². The minimum Gasteiger partial charge on any atom is -0.111 e. The summed E-state index contributed by atoms with van der Waals surface area (Å²) in [6, 6.07) is 0. The van der Waals surface area contributed by atoms with E-state index in [9.17, 15) is 0 Å². The van der Waals surface area contributed by atoms with Gasteiger partial charge in [0.05, 0.1) is 0 Å². The lowest BCUT2D eigenvalue weighted by atomic mass is 10.1. The molecule has 0 saturated carbocycles. The molecule has 1 heteroatoms. The summed E-state index contributed by atoms with van der Waals surface area (Å²) in [6.45, 7) is 10.4. The van der Waals surface area contributed by atoms with Crippen LogP contribution in [0.15, 0.2) is 24.8 Å². The smallest absolute Gasteiger partial charge is 0.0200 e. The highest BCUT2D eigenvalue weighted by atomic mass is 31.1. The van der Waals surface area contributed by atoms with Crippen molar-refractivity contribution in [2.45, 2.75) is 25.4 Å². The van der Waals surface area contributed by atoms with E-state index < -0.39 is 0 Å². The molecule has 2 atom stereocenters. The third-order valence-corrected chi connectivity index (χ3v) is 3.11. The molecule has 0 N–H and O–H groups in total. The maximum Gasteiger partial charge on any atom is 0.0200 e. The quantitative estimate of drug-likeness (QED) is 0.433. The summed E-state index contributed by atoms with van der Waals surface area (Å²) in [6.07, 6.45) is 7.60. The largest absolute Gasteiger partial charge is 0.111 e. The van der Waals surface area contributed by atoms with Crippen LogP contribution in [0.4, 0.5) is 0 Å². The Kier molecular flexibility index (Phi) is 4.64.